The second-order valence-electron chi connectivity index (χ2n) is 5.37. The van der Waals surface area contributed by atoms with Gasteiger partial charge in [0, 0.05) is 13.1 Å². The van der Waals surface area contributed by atoms with Crippen LogP contribution in [0.25, 0.3) is 0 Å². The molecule has 104 valence electrons. The van der Waals surface area contributed by atoms with Gasteiger partial charge in [0.1, 0.15) is 5.82 Å². The van der Waals surface area contributed by atoms with Gasteiger partial charge in [-0.25, -0.2) is 9.78 Å². The van der Waals surface area contributed by atoms with Crippen molar-refractivity contribution in [3.8, 4) is 0 Å². The monoisotopic (exact) mass is 263 g/mol. The Hall–Kier alpha value is -1.78. The zero-order chi connectivity index (χ0) is 14.0. The molecule has 0 spiro atoms. The molecule has 2 atom stereocenters. The molecule has 1 saturated carbocycles. The molecule has 1 fully saturated rings. The lowest BCUT2D eigenvalue weighted by Gasteiger charge is -2.37. The summed E-state index contributed by atoms with van der Waals surface area (Å²) in [6.07, 6.45) is 6.28. The van der Waals surface area contributed by atoms with Crippen LogP contribution in [-0.2, 0) is 0 Å². The van der Waals surface area contributed by atoms with Crippen molar-refractivity contribution in [1.82, 2.24) is 4.98 Å². The number of nitrogen functional groups attached to an aromatic ring is 1. The summed E-state index contributed by atoms with van der Waals surface area (Å²) in [4.78, 5) is 17.5. The number of carbonyl (C=O) groups is 1. The van der Waals surface area contributed by atoms with Gasteiger partial charge >= 0.3 is 5.97 Å². The van der Waals surface area contributed by atoms with E-state index in [-0.39, 0.29) is 11.3 Å². The fourth-order valence-corrected chi connectivity index (χ4v) is 2.87. The number of carboxylic acid groups (broad SMARTS) is 1. The van der Waals surface area contributed by atoms with Crippen LogP contribution in [0.2, 0.25) is 0 Å². The van der Waals surface area contributed by atoms with Crippen LogP contribution in [0.5, 0.6) is 0 Å². The smallest absolute Gasteiger partial charge is 0.337 e. The second-order valence-corrected chi connectivity index (χ2v) is 5.37. The van der Waals surface area contributed by atoms with Crippen molar-refractivity contribution in [2.24, 2.45) is 5.92 Å². The summed E-state index contributed by atoms with van der Waals surface area (Å²) in [6, 6.07) is 1.99. The average Bonchev–Trinajstić information content (AvgIpc) is 2.38. The van der Waals surface area contributed by atoms with Crippen LogP contribution in [0, 0.1) is 5.92 Å². The molecule has 1 aromatic rings. The van der Waals surface area contributed by atoms with E-state index in [0.717, 1.165) is 6.42 Å². The minimum atomic E-state index is -1.01. The Labute approximate surface area is 113 Å². The van der Waals surface area contributed by atoms with Crippen molar-refractivity contribution >= 4 is 17.5 Å². The van der Waals surface area contributed by atoms with Gasteiger partial charge in [0.05, 0.1) is 17.4 Å². The maximum atomic E-state index is 11.1. The summed E-state index contributed by atoms with van der Waals surface area (Å²) in [5.74, 6) is 0.281. The average molecular weight is 263 g/mol. The lowest BCUT2D eigenvalue weighted by molar-refractivity contribution is 0.0698. The lowest BCUT2D eigenvalue weighted by Crippen LogP contribution is -2.39. The minimum absolute atomic E-state index is 0.125. The van der Waals surface area contributed by atoms with E-state index in [1.807, 2.05) is 7.05 Å². The van der Waals surface area contributed by atoms with Crippen LogP contribution in [-0.4, -0.2) is 29.1 Å². The Morgan fingerprint density at radius 3 is 2.79 bits per heavy atom. The highest BCUT2D eigenvalue weighted by Crippen LogP contribution is 2.30. The summed E-state index contributed by atoms with van der Waals surface area (Å²) in [5, 5.41) is 9.11. The molecular weight excluding hydrogens is 242 g/mol. The third-order valence-corrected chi connectivity index (χ3v) is 4.08. The highest BCUT2D eigenvalue weighted by Gasteiger charge is 2.26. The SMILES string of the molecule is CC1CCCCC1N(C)c1cc(C(=O)O)c(N)cn1. The van der Waals surface area contributed by atoms with Gasteiger partial charge in [0.25, 0.3) is 0 Å². The number of hydrogen-bond acceptors (Lipinski definition) is 4. The van der Waals surface area contributed by atoms with Crippen molar-refractivity contribution in [3.05, 3.63) is 17.8 Å². The second kappa shape index (κ2) is 5.47. The Bertz CT molecular complexity index is 476. The van der Waals surface area contributed by atoms with Crippen LogP contribution in [0.3, 0.4) is 0 Å². The maximum Gasteiger partial charge on any atom is 0.337 e. The molecule has 0 saturated heterocycles. The minimum Gasteiger partial charge on any atom is -0.478 e. The number of nitrogens with zero attached hydrogens (tertiary/aromatic N) is 2. The van der Waals surface area contributed by atoms with Crippen molar-refractivity contribution in [1.29, 1.82) is 0 Å². The molecule has 0 radical (unpaired) electrons. The first-order valence-electron chi connectivity index (χ1n) is 6.72. The molecule has 5 nitrogen and oxygen atoms in total. The van der Waals surface area contributed by atoms with Gasteiger partial charge in [-0.15, -0.1) is 0 Å². The van der Waals surface area contributed by atoms with Crippen LogP contribution in [0.15, 0.2) is 12.3 Å². The maximum absolute atomic E-state index is 11.1. The number of anilines is 2. The van der Waals surface area contributed by atoms with Crippen molar-refractivity contribution in [2.75, 3.05) is 17.7 Å². The molecule has 1 aliphatic carbocycles. The number of nitrogens with two attached hydrogens (primary N) is 1. The Morgan fingerprint density at radius 2 is 2.16 bits per heavy atom. The van der Waals surface area contributed by atoms with Gasteiger partial charge in [-0.05, 0) is 24.8 Å². The van der Waals surface area contributed by atoms with E-state index in [1.165, 1.54) is 25.5 Å². The van der Waals surface area contributed by atoms with Gasteiger partial charge < -0.3 is 15.7 Å². The summed E-state index contributed by atoms with van der Waals surface area (Å²) in [7, 11) is 1.98. The molecule has 1 heterocycles. The molecule has 0 aliphatic heterocycles. The molecule has 2 unspecified atom stereocenters. The number of carboxylic acids is 1. The normalized spacial score (nSPS) is 23.1. The first-order valence-corrected chi connectivity index (χ1v) is 6.72. The molecule has 3 N–H and O–H groups in total. The molecule has 0 bridgehead atoms. The Balaban J connectivity index is 2.25. The van der Waals surface area contributed by atoms with Gasteiger partial charge in [0.2, 0.25) is 0 Å². The first-order chi connectivity index (χ1) is 9.00. The third kappa shape index (κ3) is 2.80. The van der Waals surface area contributed by atoms with E-state index in [1.54, 1.807) is 6.07 Å². The zero-order valence-electron chi connectivity index (χ0n) is 11.5. The van der Waals surface area contributed by atoms with Gasteiger partial charge in [-0.3, -0.25) is 0 Å². The van der Waals surface area contributed by atoms with Crippen LogP contribution in [0.4, 0.5) is 11.5 Å². The van der Waals surface area contributed by atoms with Crippen molar-refractivity contribution in [3.63, 3.8) is 0 Å². The highest BCUT2D eigenvalue weighted by molar-refractivity contribution is 5.94. The van der Waals surface area contributed by atoms with Gasteiger partial charge in [-0.1, -0.05) is 19.8 Å². The number of pyridine rings is 1. The van der Waals surface area contributed by atoms with E-state index in [0.29, 0.717) is 17.8 Å². The van der Waals surface area contributed by atoms with E-state index >= 15 is 0 Å². The largest absolute Gasteiger partial charge is 0.478 e. The topological polar surface area (TPSA) is 79.5 Å². The summed E-state index contributed by atoms with van der Waals surface area (Å²) in [6.45, 7) is 2.25. The number of hydrogen-bond donors (Lipinski definition) is 2. The molecule has 1 aromatic heterocycles. The molecule has 5 heteroatoms. The number of rotatable bonds is 3. The highest BCUT2D eigenvalue weighted by atomic mass is 16.4. The molecule has 2 rings (SSSR count). The van der Waals surface area contributed by atoms with Gasteiger partial charge in [0.15, 0.2) is 0 Å². The summed E-state index contributed by atoms with van der Waals surface area (Å²) in [5.41, 5.74) is 5.97. The lowest BCUT2D eigenvalue weighted by atomic mass is 9.85. The summed E-state index contributed by atoms with van der Waals surface area (Å²) >= 11 is 0. The number of aromatic nitrogens is 1. The Morgan fingerprint density at radius 1 is 1.47 bits per heavy atom. The molecule has 0 aromatic carbocycles. The van der Waals surface area contributed by atoms with E-state index < -0.39 is 5.97 Å². The molecule has 0 amide bonds. The predicted octanol–water partition coefficient (Wildman–Crippen LogP) is 2.38. The van der Waals surface area contributed by atoms with Crippen molar-refractivity contribution in [2.45, 2.75) is 38.6 Å². The quantitative estimate of drug-likeness (QED) is 0.875. The van der Waals surface area contributed by atoms with Gasteiger partial charge in [-0.2, -0.15) is 0 Å². The Kier molecular flexibility index (Phi) is 3.93. The van der Waals surface area contributed by atoms with E-state index in [2.05, 4.69) is 16.8 Å². The van der Waals surface area contributed by atoms with Crippen LogP contribution in [0.1, 0.15) is 43.0 Å². The molecule has 1 aliphatic rings. The molecular formula is C14H21N3O2. The number of aromatic carboxylic acids is 1. The van der Waals surface area contributed by atoms with Crippen molar-refractivity contribution < 1.29 is 9.90 Å². The standard InChI is InChI=1S/C14H21N3O2/c1-9-5-3-4-6-12(9)17(2)13-7-10(14(18)19)11(15)8-16-13/h7-9,12H,3-6,15H2,1-2H3,(H,18,19). The molecule has 19 heavy (non-hydrogen) atoms. The van der Waals surface area contributed by atoms with E-state index in [9.17, 15) is 4.79 Å². The fourth-order valence-electron chi connectivity index (χ4n) is 2.87. The first kappa shape index (κ1) is 13.6. The fraction of sp³-hybridized carbons (Fsp3) is 0.571. The van der Waals surface area contributed by atoms with E-state index in [4.69, 9.17) is 10.8 Å². The van der Waals surface area contributed by atoms with Crippen LogP contribution < -0.4 is 10.6 Å². The zero-order valence-corrected chi connectivity index (χ0v) is 11.5. The third-order valence-electron chi connectivity index (χ3n) is 4.08. The summed E-state index contributed by atoms with van der Waals surface area (Å²) < 4.78 is 0. The van der Waals surface area contributed by atoms with Crippen LogP contribution >= 0.6 is 0 Å². The predicted molar refractivity (Wildman–Crippen MR) is 75.4 cm³/mol.